The van der Waals surface area contributed by atoms with Gasteiger partial charge in [-0.1, -0.05) is 15.9 Å². The maximum absolute atomic E-state index is 5.65. The fraction of sp³-hybridized carbons (Fsp3) is 1.00. The van der Waals surface area contributed by atoms with Crippen molar-refractivity contribution in [2.45, 2.75) is 37.8 Å². The van der Waals surface area contributed by atoms with E-state index in [9.17, 15) is 0 Å². The predicted molar refractivity (Wildman–Crippen MR) is 57.4 cm³/mol. The molecule has 76 valence electrons. The summed E-state index contributed by atoms with van der Waals surface area (Å²) in [4.78, 5) is 2.59. The minimum absolute atomic E-state index is 0.527. The summed E-state index contributed by atoms with van der Waals surface area (Å²) in [5, 5.41) is 1.12. The van der Waals surface area contributed by atoms with E-state index < -0.39 is 0 Å². The van der Waals surface area contributed by atoms with Crippen molar-refractivity contribution < 1.29 is 4.74 Å². The van der Waals surface area contributed by atoms with E-state index in [1.54, 1.807) is 0 Å². The number of halogens is 1. The summed E-state index contributed by atoms with van der Waals surface area (Å²) in [6.07, 6.45) is 5.78. The molecule has 2 aliphatic rings. The van der Waals surface area contributed by atoms with Gasteiger partial charge in [0.2, 0.25) is 0 Å². The fourth-order valence-corrected chi connectivity index (χ4v) is 3.09. The van der Waals surface area contributed by atoms with Crippen molar-refractivity contribution in [3.05, 3.63) is 0 Å². The lowest BCUT2D eigenvalue weighted by atomic mass is 10.2. The second kappa shape index (κ2) is 4.76. The number of alkyl halides is 1. The highest BCUT2D eigenvalue weighted by molar-refractivity contribution is 9.09. The molecule has 0 aromatic rings. The third kappa shape index (κ3) is 2.45. The zero-order valence-electron chi connectivity index (χ0n) is 8.04. The second-order valence-corrected chi connectivity index (χ2v) is 4.73. The van der Waals surface area contributed by atoms with E-state index in [0.717, 1.165) is 24.5 Å². The molecule has 2 aliphatic heterocycles. The molecule has 0 aromatic heterocycles. The minimum Gasteiger partial charge on any atom is -0.377 e. The van der Waals surface area contributed by atoms with Crippen molar-refractivity contribution in [3.8, 4) is 0 Å². The molecule has 2 atom stereocenters. The molecular formula is C10H18BrNO. The Labute approximate surface area is 88.8 Å². The molecule has 0 aromatic carbocycles. The van der Waals surface area contributed by atoms with Gasteiger partial charge in [-0.2, -0.15) is 0 Å². The van der Waals surface area contributed by atoms with Gasteiger partial charge in [0.25, 0.3) is 0 Å². The molecule has 0 N–H and O–H groups in total. The molecule has 3 heteroatoms. The van der Waals surface area contributed by atoms with E-state index in [1.807, 2.05) is 0 Å². The van der Waals surface area contributed by atoms with Gasteiger partial charge < -0.3 is 4.74 Å². The van der Waals surface area contributed by atoms with E-state index in [4.69, 9.17) is 4.74 Å². The second-order valence-electron chi connectivity index (χ2n) is 4.08. The molecular weight excluding hydrogens is 230 g/mol. The Morgan fingerprint density at radius 2 is 2.23 bits per heavy atom. The van der Waals surface area contributed by atoms with Crippen LogP contribution in [0.4, 0.5) is 0 Å². The van der Waals surface area contributed by atoms with Crippen LogP contribution in [0.25, 0.3) is 0 Å². The molecule has 2 saturated heterocycles. The molecule has 0 amide bonds. The lowest BCUT2D eigenvalue weighted by Gasteiger charge is -2.25. The van der Waals surface area contributed by atoms with Gasteiger partial charge in [0, 0.05) is 24.5 Å². The van der Waals surface area contributed by atoms with Gasteiger partial charge in [0.05, 0.1) is 6.10 Å². The van der Waals surface area contributed by atoms with Crippen LogP contribution in [-0.4, -0.2) is 42.1 Å². The third-order valence-electron chi connectivity index (χ3n) is 3.14. The van der Waals surface area contributed by atoms with Crippen LogP contribution in [0.5, 0.6) is 0 Å². The van der Waals surface area contributed by atoms with Crippen LogP contribution in [0, 0.1) is 0 Å². The van der Waals surface area contributed by atoms with Crippen molar-refractivity contribution in [3.63, 3.8) is 0 Å². The lowest BCUT2D eigenvalue weighted by molar-refractivity contribution is 0.0719. The van der Waals surface area contributed by atoms with Gasteiger partial charge in [-0.15, -0.1) is 0 Å². The van der Waals surface area contributed by atoms with Crippen molar-refractivity contribution in [2.24, 2.45) is 0 Å². The van der Waals surface area contributed by atoms with Crippen molar-refractivity contribution >= 4 is 15.9 Å². The minimum atomic E-state index is 0.527. The first kappa shape index (κ1) is 9.94. The third-order valence-corrected chi connectivity index (χ3v) is 3.89. The van der Waals surface area contributed by atoms with Gasteiger partial charge in [0.15, 0.2) is 0 Å². The van der Waals surface area contributed by atoms with Crippen LogP contribution in [0.3, 0.4) is 0 Å². The Kier molecular flexibility index (Phi) is 3.64. The van der Waals surface area contributed by atoms with Crippen LogP contribution in [0.2, 0.25) is 0 Å². The Hall–Kier alpha value is 0.400. The molecule has 0 aliphatic carbocycles. The van der Waals surface area contributed by atoms with Gasteiger partial charge in [-0.25, -0.2) is 0 Å². The highest BCUT2D eigenvalue weighted by atomic mass is 79.9. The van der Waals surface area contributed by atoms with Crippen LogP contribution in [0.1, 0.15) is 25.7 Å². The molecule has 2 heterocycles. The lowest BCUT2D eigenvalue weighted by Crippen LogP contribution is -2.36. The molecule has 2 fully saturated rings. The highest BCUT2D eigenvalue weighted by Crippen LogP contribution is 2.22. The normalized spacial score (nSPS) is 35.8. The maximum Gasteiger partial charge on any atom is 0.0702 e. The first-order chi connectivity index (χ1) is 6.40. The summed E-state index contributed by atoms with van der Waals surface area (Å²) in [5.74, 6) is 0. The van der Waals surface area contributed by atoms with E-state index in [2.05, 4.69) is 20.8 Å². The van der Waals surface area contributed by atoms with Crippen LogP contribution in [-0.2, 0) is 4.74 Å². The summed E-state index contributed by atoms with van der Waals surface area (Å²) in [5.41, 5.74) is 0. The van der Waals surface area contributed by atoms with Crippen molar-refractivity contribution in [1.82, 2.24) is 4.90 Å². The molecule has 0 saturated carbocycles. The molecule has 0 bridgehead atoms. The monoisotopic (exact) mass is 247 g/mol. The molecule has 0 radical (unpaired) electrons. The summed E-state index contributed by atoms with van der Waals surface area (Å²) < 4.78 is 5.65. The molecule has 2 nitrogen and oxygen atoms in total. The number of likely N-dealkylation sites (tertiary alicyclic amines) is 1. The van der Waals surface area contributed by atoms with E-state index in [1.165, 1.54) is 32.2 Å². The summed E-state index contributed by atoms with van der Waals surface area (Å²) in [6.45, 7) is 3.42. The van der Waals surface area contributed by atoms with Gasteiger partial charge in [-0.05, 0) is 32.2 Å². The van der Waals surface area contributed by atoms with Crippen molar-refractivity contribution in [1.29, 1.82) is 0 Å². The van der Waals surface area contributed by atoms with E-state index >= 15 is 0 Å². The SMILES string of the molecule is BrC[C@@H]1CCCN1CC1CCCO1. The van der Waals surface area contributed by atoms with Gasteiger partial charge in [0.1, 0.15) is 0 Å². The number of hydrogen-bond donors (Lipinski definition) is 0. The molecule has 1 unspecified atom stereocenters. The zero-order valence-corrected chi connectivity index (χ0v) is 9.63. The fourth-order valence-electron chi connectivity index (χ4n) is 2.36. The quantitative estimate of drug-likeness (QED) is 0.708. The number of rotatable bonds is 3. The Morgan fingerprint density at radius 1 is 1.31 bits per heavy atom. The maximum atomic E-state index is 5.65. The number of ether oxygens (including phenoxy) is 1. The average molecular weight is 248 g/mol. The highest BCUT2D eigenvalue weighted by Gasteiger charge is 2.27. The van der Waals surface area contributed by atoms with Crippen LogP contribution in [0.15, 0.2) is 0 Å². The smallest absolute Gasteiger partial charge is 0.0702 e. The standard InChI is InChI=1S/C10H18BrNO/c11-7-9-3-1-5-12(9)8-10-4-2-6-13-10/h9-10H,1-8H2/t9-,10?/m0/s1. The summed E-state index contributed by atoms with van der Waals surface area (Å²) in [7, 11) is 0. The Bertz CT molecular complexity index is 159. The van der Waals surface area contributed by atoms with E-state index in [-0.39, 0.29) is 0 Å². The summed E-state index contributed by atoms with van der Waals surface area (Å²) in [6, 6.07) is 0.768. The number of hydrogen-bond acceptors (Lipinski definition) is 2. The van der Waals surface area contributed by atoms with E-state index in [0.29, 0.717) is 6.10 Å². The zero-order chi connectivity index (χ0) is 9.10. The predicted octanol–water partition coefficient (Wildman–Crippen LogP) is 2.02. The Balaban J connectivity index is 1.79. The number of nitrogens with zero attached hydrogens (tertiary/aromatic N) is 1. The molecule has 13 heavy (non-hydrogen) atoms. The Morgan fingerprint density at radius 3 is 2.92 bits per heavy atom. The van der Waals surface area contributed by atoms with Crippen LogP contribution < -0.4 is 0 Å². The topological polar surface area (TPSA) is 12.5 Å². The molecule has 0 spiro atoms. The first-order valence-corrected chi connectivity index (χ1v) is 6.44. The average Bonchev–Trinajstić information content (AvgIpc) is 2.76. The largest absolute Gasteiger partial charge is 0.377 e. The summed E-state index contributed by atoms with van der Waals surface area (Å²) >= 11 is 3.58. The van der Waals surface area contributed by atoms with Crippen LogP contribution >= 0.6 is 15.9 Å². The van der Waals surface area contributed by atoms with Crippen molar-refractivity contribution in [2.75, 3.05) is 25.0 Å². The first-order valence-electron chi connectivity index (χ1n) is 5.32. The van der Waals surface area contributed by atoms with Gasteiger partial charge in [-0.3, -0.25) is 4.90 Å². The van der Waals surface area contributed by atoms with Gasteiger partial charge >= 0.3 is 0 Å². The molecule has 2 rings (SSSR count).